The zero-order valence-electron chi connectivity index (χ0n) is 21.0. The third-order valence-electron chi connectivity index (χ3n) is 7.01. The normalized spacial score (nSPS) is 15.5. The van der Waals surface area contributed by atoms with Gasteiger partial charge in [-0.3, -0.25) is 9.69 Å². The first-order valence-corrected chi connectivity index (χ1v) is 12.8. The van der Waals surface area contributed by atoms with Crippen molar-refractivity contribution in [2.24, 2.45) is 0 Å². The Morgan fingerprint density at radius 1 is 1.05 bits per heavy atom. The Morgan fingerprint density at radius 3 is 2.76 bits per heavy atom. The van der Waals surface area contributed by atoms with Gasteiger partial charge in [-0.1, -0.05) is 36.4 Å². The zero-order valence-corrected chi connectivity index (χ0v) is 21.0. The van der Waals surface area contributed by atoms with Crippen molar-refractivity contribution in [3.63, 3.8) is 0 Å². The fraction of sp³-hybridized carbons (Fsp3) is 0.200. The van der Waals surface area contributed by atoms with Crippen LogP contribution in [0.3, 0.4) is 0 Å². The van der Waals surface area contributed by atoms with Crippen LogP contribution in [0, 0.1) is 12.7 Å². The average molecular weight is 507 g/mol. The Bertz CT molecular complexity index is 1640. The first-order chi connectivity index (χ1) is 18.6. The number of para-hydroxylation sites is 1. The summed E-state index contributed by atoms with van der Waals surface area (Å²) < 4.78 is 15.5. The van der Waals surface area contributed by atoms with Crippen molar-refractivity contribution in [3.8, 4) is 0 Å². The fourth-order valence-electron chi connectivity index (χ4n) is 5.12. The van der Waals surface area contributed by atoms with Gasteiger partial charge in [0.05, 0.1) is 17.1 Å². The highest BCUT2D eigenvalue weighted by atomic mass is 19.1. The highest BCUT2D eigenvalue weighted by Crippen LogP contribution is 2.32. The minimum absolute atomic E-state index is 0.00654. The van der Waals surface area contributed by atoms with Crippen LogP contribution in [0.5, 0.6) is 0 Å². The van der Waals surface area contributed by atoms with Crippen LogP contribution in [-0.2, 0) is 0 Å². The van der Waals surface area contributed by atoms with Crippen LogP contribution in [0.1, 0.15) is 28.8 Å². The van der Waals surface area contributed by atoms with Crippen molar-refractivity contribution in [2.45, 2.75) is 25.8 Å². The quantitative estimate of drug-likeness (QED) is 0.315. The molecule has 1 fully saturated rings. The maximum Gasteiger partial charge on any atom is 0.262 e. The Hall–Kier alpha value is -4.43. The molecule has 1 aliphatic rings. The number of aryl methyl sites for hydroxylation is 1. The van der Waals surface area contributed by atoms with Crippen LogP contribution in [0.15, 0.2) is 79.1 Å². The van der Waals surface area contributed by atoms with Crippen molar-refractivity contribution in [2.75, 3.05) is 23.3 Å². The van der Waals surface area contributed by atoms with Gasteiger partial charge in [0.2, 0.25) is 5.95 Å². The van der Waals surface area contributed by atoms with Gasteiger partial charge in [-0.2, -0.15) is 0 Å². The smallest absolute Gasteiger partial charge is 0.262 e. The summed E-state index contributed by atoms with van der Waals surface area (Å²) in [4.78, 5) is 29.1. The molecule has 0 saturated carbocycles. The molecule has 38 heavy (non-hydrogen) atoms. The van der Waals surface area contributed by atoms with Crippen LogP contribution in [-0.4, -0.2) is 40.0 Å². The Morgan fingerprint density at radius 2 is 1.92 bits per heavy atom. The summed E-state index contributed by atoms with van der Waals surface area (Å²) in [5.74, 6) is -0.113. The minimum Gasteiger partial charge on any atom is -0.324 e. The number of hydrogen-bond donors (Lipinski definition) is 2. The predicted molar refractivity (Wildman–Crippen MR) is 148 cm³/mol. The molecule has 1 saturated heterocycles. The van der Waals surface area contributed by atoms with Crippen LogP contribution in [0.4, 0.5) is 21.8 Å². The molecule has 2 aromatic heterocycles. The molecule has 3 heterocycles. The van der Waals surface area contributed by atoms with Gasteiger partial charge in [-0.15, -0.1) is 0 Å². The number of halogens is 1. The SMILES string of the molecule is Cc1cccc2ccnc(N(C(=O)c3ccc(Nc4ncc5ccccc5n4)cc3F)[C@@H]3CCCNC3)c12. The van der Waals surface area contributed by atoms with E-state index in [4.69, 9.17) is 0 Å². The van der Waals surface area contributed by atoms with E-state index in [2.05, 4.69) is 25.6 Å². The lowest BCUT2D eigenvalue weighted by Crippen LogP contribution is -2.49. The summed E-state index contributed by atoms with van der Waals surface area (Å²) in [6, 6.07) is 19.9. The van der Waals surface area contributed by atoms with E-state index in [0.717, 1.165) is 46.6 Å². The van der Waals surface area contributed by atoms with Gasteiger partial charge in [-0.05, 0) is 67.6 Å². The highest BCUT2D eigenvalue weighted by Gasteiger charge is 2.31. The number of benzene rings is 3. The van der Waals surface area contributed by atoms with E-state index in [1.54, 1.807) is 23.4 Å². The van der Waals surface area contributed by atoms with Crippen molar-refractivity contribution in [1.82, 2.24) is 20.3 Å². The van der Waals surface area contributed by atoms with Crippen molar-refractivity contribution in [1.29, 1.82) is 0 Å². The Labute approximate surface area is 219 Å². The standard InChI is InChI=1S/C30H27FN6O/c1-19-6-4-8-20-13-15-33-28(27(19)20)37(23-9-5-14-32-18-23)29(38)24-12-11-22(16-25(24)31)35-30-34-17-21-7-2-3-10-26(21)36-30/h2-4,6-8,10-13,15-17,23,32H,5,9,14,18H2,1H3,(H,34,35,36)/t23-/m1/s1. The maximum absolute atomic E-state index is 15.5. The van der Waals surface area contributed by atoms with E-state index in [1.807, 2.05) is 55.5 Å². The monoisotopic (exact) mass is 506 g/mol. The number of pyridine rings is 1. The van der Waals surface area contributed by atoms with Gasteiger partial charge in [0.1, 0.15) is 11.6 Å². The molecule has 0 radical (unpaired) electrons. The number of nitrogens with one attached hydrogen (secondary N) is 2. The first kappa shape index (κ1) is 23.9. The number of nitrogens with zero attached hydrogens (tertiary/aromatic N) is 4. The molecule has 1 amide bonds. The van der Waals surface area contributed by atoms with E-state index in [0.29, 0.717) is 24.0 Å². The number of amides is 1. The number of carbonyl (C=O) groups is 1. The van der Waals surface area contributed by atoms with Gasteiger partial charge in [0, 0.05) is 35.4 Å². The number of hydrogen-bond acceptors (Lipinski definition) is 6. The van der Waals surface area contributed by atoms with Crippen LogP contribution >= 0.6 is 0 Å². The molecule has 0 aliphatic carbocycles. The lowest BCUT2D eigenvalue weighted by molar-refractivity contribution is 0.0968. The van der Waals surface area contributed by atoms with E-state index in [-0.39, 0.29) is 11.6 Å². The number of rotatable bonds is 5. The lowest BCUT2D eigenvalue weighted by Gasteiger charge is -2.35. The summed E-state index contributed by atoms with van der Waals surface area (Å²) >= 11 is 0. The minimum atomic E-state index is -0.619. The molecule has 0 unspecified atom stereocenters. The number of carbonyl (C=O) groups excluding carboxylic acids is 1. The number of fused-ring (bicyclic) bond motifs is 2. The molecular formula is C30H27FN6O. The molecule has 0 bridgehead atoms. The third kappa shape index (κ3) is 4.54. The van der Waals surface area contributed by atoms with Crippen LogP contribution < -0.4 is 15.5 Å². The molecule has 8 heteroatoms. The van der Waals surface area contributed by atoms with E-state index >= 15 is 4.39 Å². The number of anilines is 3. The number of aromatic nitrogens is 3. The van der Waals surface area contributed by atoms with E-state index in [1.165, 1.54) is 12.1 Å². The molecule has 3 aromatic carbocycles. The van der Waals surface area contributed by atoms with Gasteiger partial charge in [-0.25, -0.2) is 19.3 Å². The zero-order chi connectivity index (χ0) is 26.1. The largest absolute Gasteiger partial charge is 0.324 e. The van der Waals surface area contributed by atoms with Crippen LogP contribution in [0.25, 0.3) is 21.7 Å². The van der Waals surface area contributed by atoms with E-state index < -0.39 is 11.7 Å². The van der Waals surface area contributed by atoms with Crippen LogP contribution in [0.2, 0.25) is 0 Å². The summed E-state index contributed by atoms with van der Waals surface area (Å²) in [5.41, 5.74) is 2.25. The van der Waals surface area contributed by atoms with Gasteiger partial charge < -0.3 is 10.6 Å². The predicted octanol–water partition coefficient (Wildman–Crippen LogP) is 5.77. The average Bonchev–Trinajstić information content (AvgIpc) is 2.94. The second-order valence-corrected chi connectivity index (χ2v) is 9.55. The Balaban J connectivity index is 1.35. The molecular weight excluding hydrogens is 479 g/mol. The summed E-state index contributed by atoms with van der Waals surface area (Å²) in [7, 11) is 0. The Kier molecular flexibility index (Phi) is 6.39. The molecule has 6 rings (SSSR count). The molecule has 1 atom stereocenters. The van der Waals surface area contributed by atoms with E-state index in [9.17, 15) is 4.79 Å². The first-order valence-electron chi connectivity index (χ1n) is 12.8. The molecule has 2 N–H and O–H groups in total. The van der Waals surface area contributed by atoms with Crippen molar-refractivity contribution < 1.29 is 9.18 Å². The van der Waals surface area contributed by atoms with Crippen molar-refractivity contribution >= 4 is 45.0 Å². The highest BCUT2D eigenvalue weighted by molar-refractivity contribution is 6.11. The second kappa shape index (κ2) is 10.1. The summed E-state index contributed by atoms with van der Waals surface area (Å²) in [6.07, 6.45) is 5.16. The second-order valence-electron chi connectivity index (χ2n) is 9.55. The molecule has 5 aromatic rings. The van der Waals surface area contributed by atoms with Gasteiger partial charge in [0.25, 0.3) is 5.91 Å². The fourth-order valence-corrected chi connectivity index (χ4v) is 5.12. The summed E-state index contributed by atoms with van der Waals surface area (Å²) in [6.45, 7) is 3.52. The molecule has 0 spiro atoms. The topological polar surface area (TPSA) is 83.0 Å². The third-order valence-corrected chi connectivity index (χ3v) is 7.01. The molecule has 190 valence electrons. The maximum atomic E-state index is 15.5. The molecule has 1 aliphatic heterocycles. The number of piperidine rings is 1. The van der Waals surface area contributed by atoms with Gasteiger partial charge in [0.15, 0.2) is 0 Å². The van der Waals surface area contributed by atoms with Gasteiger partial charge >= 0.3 is 0 Å². The van der Waals surface area contributed by atoms with Crippen molar-refractivity contribution in [3.05, 3.63) is 96.1 Å². The lowest BCUT2D eigenvalue weighted by atomic mass is 10.0. The summed E-state index contributed by atoms with van der Waals surface area (Å²) in [5, 5.41) is 9.24. The molecule has 7 nitrogen and oxygen atoms in total.